The van der Waals surface area contributed by atoms with Crippen molar-refractivity contribution in [3.63, 3.8) is 0 Å². The monoisotopic (exact) mass is 276 g/mol. The zero-order valence-corrected chi connectivity index (χ0v) is 10.4. The van der Waals surface area contributed by atoms with Gasteiger partial charge in [-0.25, -0.2) is 4.79 Å². The van der Waals surface area contributed by atoms with Crippen LogP contribution in [0.4, 0.5) is 18.0 Å². The van der Waals surface area contributed by atoms with Crippen LogP contribution in [0.15, 0.2) is 24.3 Å². The largest absolute Gasteiger partial charge is 0.465 e. The number of carbonyl (C=O) groups is 1. The second-order valence-corrected chi connectivity index (χ2v) is 4.04. The van der Waals surface area contributed by atoms with Gasteiger partial charge in [0.15, 0.2) is 0 Å². The normalized spacial score (nSPS) is 11.4. The Labute approximate surface area is 108 Å². The van der Waals surface area contributed by atoms with Gasteiger partial charge in [0, 0.05) is 26.7 Å². The lowest BCUT2D eigenvalue weighted by atomic mass is 10.1. The SMILES string of the molecule is CN(CCNCc1ccccc1C(F)(F)F)C(=O)O. The lowest BCUT2D eigenvalue weighted by molar-refractivity contribution is -0.138. The predicted octanol–water partition coefficient (Wildman–Crippen LogP) is 2.40. The maximum absolute atomic E-state index is 12.7. The molecule has 0 aliphatic carbocycles. The molecule has 0 heterocycles. The van der Waals surface area contributed by atoms with Crippen molar-refractivity contribution in [2.45, 2.75) is 12.7 Å². The van der Waals surface area contributed by atoms with E-state index in [-0.39, 0.29) is 25.2 Å². The molecule has 0 atom stereocenters. The summed E-state index contributed by atoms with van der Waals surface area (Å²) in [6.07, 6.45) is -5.45. The highest BCUT2D eigenvalue weighted by atomic mass is 19.4. The third-order valence-corrected chi connectivity index (χ3v) is 2.59. The number of amides is 1. The number of hydrogen-bond donors (Lipinski definition) is 2. The lowest BCUT2D eigenvalue weighted by Gasteiger charge is -2.15. The average molecular weight is 276 g/mol. The first-order chi connectivity index (χ1) is 8.82. The minimum Gasteiger partial charge on any atom is -0.465 e. The molecule has 19 heavy (non-hydrogen) atoms. The van der Waals surface area contributed by atoms with Gasteiger partial charge in [0.1, 0.15) is 0 Å². The number of benzene rings is 1. The molecular formula is C12H15F3N2O2. The van der Waals surface area contributed by atoms with E-state index < -0.39 is 17.8 Å². The molecule has 0 spiro atoms. The van der Waals surface area contributed by atoms with Crippen molar-refractivity contribution >= 4 is 6.09 Å². The van der Waals surface area contributed by atoms with Gasteiger partial charge in [-0.1, -0.05) is 18.2 Å². The molecule has 0 aliphatic heterocycles. The predicted molar refractivity (Wildman–Crippen MR) is 63.8 cm³/mol. The number of rotatable bonds is 5. The van der Waals surface area contributed by atoms with Crippen LogP contribution in [0.3, 0.4) is 0 Å². The number of hydrogen-bond acceptors (Lipinski definition) is 2. The van der Waals surface area contributed by atoms with Gasteiger partial charge < -0.3 is 15.3 Å². The van der Waals surface area contributed by atoms with Crippen LogP contribution in [0.2, 0.25) is 0 Å². The van der Waals surface area contributed by atoms with Crippen molar-refractivity contribution in [1.82, 2.24) is 10.2 Å². The van der Waals surface area contributed by atoms with E-state index in [0.29, 0.717) is 0 Å². The fraction of sp³-hybridized carbons (Fsp3) is 0.417. The van der Waals surface area contributed by atoms with Crippen LogP contribution in [-0.2, 0) is 12.7 Å². The van der Waals surface area contributed by atoms with Gasteiger partial charge in [0.2, 0.25) is 0 Å². The summed E-state index contributed by atoms with van der Waals surface area (Å²) in [5.74, 6) is 0. The first-order valence-corrected chi connectivity index (χ1v) is 5.62. The fourth-order valence-corrected chi connectivity index (χ4v) is 1.52. The van der Waals surface area contributed by atoms with Gasteiger partial charge in [0.05, 0.1) is 5.56 Å². The molecule has 1 aromatic rings. The summed E-state index contributed by atoms with van der Waals surface area (Å²) < 4.78 is 38.0. The molecule has 1 rings (SSSR count). The third kappa shape index (κ3) is 4.78. The molecule has 0 aliphatic rings. The zero-order valence-electron chi connectivity index (χ0n) is 10.4. The summed E-state index contributed by atoms with van der Waals surface area (Å²) in [6.45, 7) is 0.543. The Morgan fingerprint density at radius 3 is 2.58 bits per heavy atom. The Kier molecular flexibility index (Phi) is 5.17. The highest BCUT2D eigenvalue weighted by Gasteiger charge is 2.32. The maximum Gasteiger partial charge on any atom is 0.416 e. The smallest absolute Gasteiger partial charge is 0.416 e. The highest BCUT2D eigenvalue weighted by molar-refractivity contribution is 5.64. The quantitative estimate of drug-likeness (QED) is 0.812. The summed E-state index contributed by atoms with van der Waals surface area (Å²) in [6, 6.07) is 5.30. The van der Waals surface area contributed by atoms with Crippen LogP contribution in [0.1, 0.15) is 11.1 Å². The summed E-state index contributed by atoms with van der Waals surface area (Å²) in [4.78, 5) is 11.6. The van der Waals surface area contributed by atoms with Crippen molar-refractivity contribution in [3.05, 3.63) is 35.4 Å². The second kappa shape index (κ2) is 6.42. The minimum atomic E-state index is -4.38. The highest BCUT2D eigenvalue weighted by Crippen LogP contribution is 2.31. The van der Waals surface area contributed by atoms with Crippen molar-refractivity contribution in [2.24, 2.45) is 0 Å². The van der Waals surface area contributed by atoms with Crippen LogP contribution in [-0.4, -0.2) is 36.2 Å². The number of alkyl halides is 3. The second-order valence-electron chi connectivity index (χ2n) is 4.04. The maximum atomic E-state index is 12.7. The van der Waals surface area contributed by atoms with E-state index in [4.69, 9.17) is 5.11 Å². The number of halogens is 3. The van der Waals surface area contributed by atoms with Crippen LogP contribution >= 0.6 is 0 Å². The molecule has 0 fully saturated rings. The van der Waals surface area contributed by atoms with E-state index in [1.807, 2.05) is 0 Å². The molecule has 4 nitrogen and oxygen atoms in total. The van der Waals surface area contributed by atoms with Gasteiger partial charge in [-0.15, -0.1) is 0 Å². The molecule has 1 amide bonds. The molecule has 0 saturated heterocycles. The molecule has 2 N–H and O–H groups in total. The lowest BCUT2D eigenvalue weighted by Crippen LogP contribution is -2.32. The Balaban J connectivity index is 2.52. The topological polar surface area (TPSA) is 52.6 Å². The van der Waals surface area contributed by atoms with E-state index >= 15 is 0 Å². The van der Waals surface area contributed by atoms with Crippen molar-refractivity contribution < 1.29 is 23.1 Å². The fourth-order valence-electron chi connectivity index (χ4n) is 1.52. The molecular weight excluding hydrogens is 261 g/mol. The van der Waals surface area contributed by atoms with E-state index in [2.05, 4.69) is 5.32 Å². The standard InChI is InChI=1S/C12H15F3N2O2/c1-17(11(18)19)7-6-16-8-9-4-2-3-5-10(9)12(13,14)15/h2-5,16H,6-8H2,1H3,(H,18,19). The van der Waals surface area contributed by atoms with Crippen LogP contribution < -0.4 is 5.32 Å². The minimum absolute atomic E-state index is 0.0448. The first kappa shape index (κ1) is 15.3. The molecule has 7 heteroatoms. The third-order valence-electron chi connectivity index (χ3n) is 2.59. The van der Waals surface area contributed by atoms with Gasteiger partial charge in [-0.3, -0.25) is 0 Å². The molecule has 0 aromatic heterocycles. The first-order valence-electron chi connectivity index (χ1n) is 5.62. The molecule has 0 bridgehead atoms. The molecule has 0 unspecified atom stereocenters. The zero-order chi connectivity index (χ0) is 14.5. The number of nitrogens with zero attached hydrogens (tertiary/aromatic N) is 1. The van der Waals surface area contributed by atoms with Gasteiger partial charge >= 0.3 is 12.3 Å². The Hall–Kier alpha value is -1.76. The molecule has 0 saturated carbocycles. The Bertz CT molecular complexity index is 435. The number of likely N-dealkylation sites (N-methyl/N-ethyl adjacent to an activating group) is 1. The van der Waals surface area contributed by atoms with Gasteiger partial charge in [0.25, 0.3) is 0 Å². The van der Waals surface area contributed by atoms with Crippen LogP contribution in [0, 0.1) is 0 Å². The Morgan fingerprint density at radius 2 is 2.00 bits per heavy atom. The van der Waals surface area contributed by atoms with Crippen LogP contribution in [0.25, 0.3) is 0 Å². The average Bonchev–Trinajstić information content (AvgIpc) is 2.33. The van der Waals surface area contributed by atoms with Gasteiger partial charge in [-0.05, 0) is 11.6 Å². The summed E-state index contributed by atoms with van der Waals surface area (Å²) >= 11 is 0. The number of nitrogens with one attached hydrogen (secondary N) is 1. The summed E-state index contributed by atoms with van der Waals surface area (Å²) in [7, 11) is 1.40. The van der Waals surface area contributed by atoms with E-state index in [1.54, 1.807) is 0 Å². The van der Waals surface area contributed by atoms with E-state index in [0.717, 1.165) is 11.0 Å². The summed E-state index contributed by atoms with van der Waals surface area (Å²) in [5.41, 5.74) is -0.526. The van der Waals surface area contributed by atoms with Crippen LogP contribution in [0.5, 0.6) is 0 Å². The van der Waals surface area contributed by atoms with Crippen molar-refractivity contribution in [2.75, 3.05) is 20.1 Å². The summed E-state index contributed by atoms with van der Waals surface area (Å²) in [5, 5.41) is 11.4. The molecule has 106 valence electrons. The number of carboxylic acid groups (broad SMARTS) is 1. The van der Waals surface area contributed by atoms with E-state index in [1.165, 1.54) is 25.2 Å². The van der Waals surface area contributed by atoms with E-state index in [9.17, 15) is 18.0 Å². The van der Waals surface area contributed by atoms with Crippen molar-refractivity contribution in [3.8, 4) is 0 Å². The van der Waals surface area contributed by atoms with Crippen molar-refractivity contribution in [1.29, 1.82) is 0 Å². The van der Waals surface area contributed by atoms with Gasteiger partial charge in [-0.2, -0.15) is 13.2 Å². The molecule has 0 radical (unpaired) electrons. The Morgan fingerprint density at radius 1 is 1.37 bits per heavy atom. The molecule has 1 aromatic carbocycles.